The Hall–Kier alpha value is -3.97. The zero-order chi connectivity index (χ0) is 28.6. The molecule has 4 aromatic rings. The zero-order valence-corrected chi connectivity index (χ0v) is 24.9. The van der Waals surface area contributed by atoms with Gasteiger partial charge in [-0.15, -0.1) is 0 Å². The van der Waals surface area contributed by atoms with E-state index in [9.17, 15) is 4.79 Å². The third kappa shape index (κ3) is 4.90. The number of amides is 1. The molecule has 1 aliphatic rings. The van der Waals surface area contributed by atoms with Crippen LogP contribution >= 0.6 is 12.2 Å². The van der Waals surface area contributed by atoms with Gasteiger partial charge in [0.2, 0.25) is 5.91 Å². The molecule has 0 saturated carbocycles. The second-order valence-electron chi connectivity index (χ2n) is 10.5. The van der Waals surface area contributed by atoms with Crippen molar-refractivity contribution < 1.29 is 4.79 Å². The Kier molecular flexibility index (Phi) is 7.76. The number of aromatic nitrogens is 2. The molecule has 40 heavy (non-hydrogen) atoms. The summed E-state index contributed by atoms with van der Waals surface area (Å²) in [5.41, 5.74) is 11.1. The summed E-state index contributed by atoms with van der Waals surface area (Å²) in [6.45, 7) is 12.6. The Morgan fingerprint density at radius 3 is 2.48 bits per heavy atom. The van der Waals surface area contributed by atoms with Gasteiger partial charge in [-0.3, -0.25) is 9.78 Å². The van der Waals surface area contributed by atoms with E-state index < -0.39 is 0 Å². The van der Waals surface area contributed by atoms with Crippen molar-refractivity contribution >= 4 is 34.6 Å². The summed E-state index contributed by atoms with van der Waals surface area (Å²) in [6.07, 6.45) is 3.23. The highest BCUT2D eigenvalue weighted by atomic mass is 32.1. The number of thiocarbonyl (C=S) groups is 1. The number of pyridine rings is 1. The first-order valence-electron chi connectivity index (χ1n) is 13.9. The van der Waals surface area contributed by atoms with E-state index in [2.05, 4.69) is 84.2 Å². The lowest BCUT2D eigenvalue weighted by atomic mass is 9.96. The van der Waals surface area contributed by atoms with Crippen LogP contribution in [-0.2, 0) is 11.2 Å². The van der Waals surface area contributed by atoms with Gasteiger partial charge in [-0.05, 0) is 105 Å². The molecule has 0 radical (unpaired) electrons. The van der Waals surface area contributed by atoms with Gasteiger partial charge in [0.25, 0.3) is 0 Å². The first kappa shape index (κ1) is 27.6. The zero-order valence-electron chi connectivity index (χ0n) is 24.1. The maximum atomic E-state index is 12.1. The number of carbonyl (C=O) groups excluding carboxylic acids is 1. The number of benzene rings is 2. The number of aryl methyl sites for hydroxylation is 4. The lowest BCUT2D eigenvalue weighted by molar-refractivity contribution is -0.115. The fourth-order valence-corrected chi connectivity index (χ4v) is 6.23. The lowest BCUT2D eigenvalue weighted by Crippen LogP contribution is -2.29. The average molecular weight is 552 g/mol. The largest absolute Gasteiger partial charge is 0.351 e. The molecule has 206 valence electrons. The number of hydrogen-bond acceptors (Lipinski definition) is 3. The third-order valence-corrected chi connectivity index (χ3v) is 8.21. The Labute approximate surface area is 242 Å². The van der Waals surface area contributed by atoms with Crippen LogP contribution in [0.1, 0.15) is 71.7 Å². The molecular weight excluding hydrogens is 514 g/mol. The molecule has 6 nitrogen and oxygen atoms in total. The molecule has 2 N–H and O–H groups in total. The minimum Gasteiger partial charge on any atom is -0.351 e. The Morgan fingerprint density at radius 2 is 1.80 bits per heavy atom. The second-order valence-corrected chi connectivity index (χ2v) is 10.9. The van der Waals surface area contributed by atoms with Crippen LogP contribution in [0.2, 0.25) is 0 Å². The fraction of sp³-hybridized carbons (Fsp3) is 0.303. The smallest absolute Gasteiger partial charge is 0.224 e. The van der Waals surface area contributed by atoms with Gasteiger partial charge in [0.15, 0.2) is 5.11 Å². The number of nitrogens with one attached hydrogen (secondary N) is 2. The van der Waals surface area contributed by atoms with Crippen LogP contribution in [0.15, 0.2) is 66.9 Å². The molecular formula is C33H37N5OS. The predicted molar refractivity (Wildman–Crippen MR) is 167 cm³/mol. The monoisotopic (exact) mass is 551 g/mol. The molecule has 0 bridgehead atoms. The summed E-state index contributed by atoms with van der Waals surface area (Å²) in [6, 6.07) is 20.7. The third-order valence-electron chi connectivity index (χ3n) is 7.90. The molecule has 0 aliphatic carbocycles. The average Bonchev–Trinajstić information content (AvgIpc) is 3.44. The Morgan fingerprint density at radius 1 is 1.00 bits per heavy atom. The minimum absolute atomic E-state index is 0.00241. The van der Waals surface area contributed by atoms with Gasteiger partial charge in [0, 0.05) is 35.4 Å². The van der Waals surface area contributed by atoms with Gasteiger partial charge >= 0.3 is 0 Å². The molecule has 0 unspecified atom stereocenters. The van der Waals surface area contributed by atoms with Gasteiger partial charge in [0.05, 0.1) is 23.5 Å². The molecule has 3 heterocycles. The standard InChI is InChI=1S/C33H37N5OS/c1-7-24-13-11-12-20(3)31(24)37-22(5)19-26(23(37)6)32-30(28-14-9-10-17-34-28)36-33(40)38(32)25-15-16-27(21(4)18-25)35-29(39)8-2/h9-19,30,32H,7-8H2,1-6H3,(H,35,39)(H,36,40)/t30-,32+/m1/s1. The summed E-state index contributed by atoms with van der Waals surface area (Å²) in [7, 11) is 0. The van der Waals surface area contributed by atoms with E-state index in [0.29, 0.717) is 11.5 Å². The molecule has 1 saturated heterocycles. The first-order chi connectivity index (χ1) is 19.2. The van der Waals surface area contributed by atoms with Gasteiger partial charge in [0.1, 0.15) is 0 Å². The molecule has 0 spiro atoms. The van der Waals surface area contributed by atoms with Crippen molar-refractivity contribution in [3.8, 4) is 5.69 Å². The van der Waals surface area contributed by atoms with Crippen LogP contribution in [0.4, 0.5) is 11.4 Å². The van der Waals surface area contributed by atoms with E-state index in [4.69, 9.17) is 17.2 Å². The summed E-state index contributed by atoms with van der Waals surface area (Å²) < 4.78 is 2.40. The van der Waals surface area contributed by atoms with Crippen molar-refractivity contribution in [3.05, 3.63) is 106 Å². The minimum atomic E-state index is -0.134. The molecule has 7 heteroatoms. The highest BCUT2D eigenvalue weighted by Crippen LogP contribution is 2.44. The molecule has 2 aromatic heterocycles. The molecule has 1 aliphatic heterocycles. The molecule has 2 aromatic carbocycles. The van der Waals surface area contributed by atoms with E-state index in [1.165, 1.54) is 33.8 Å². The molecule has 1 fully saturated rings. The van der Waals surface area contributed by atoms with Crippen molar-refractivity contribution in [2.24, 2.45) is 0 Å². The van der Waals surface area contributed by atoms with E-state index in [1.54, 1.807) is 0 Å². The number of anilines is 2. The van der Waals surface area contributed by atoms with Crippen LogP contribution in [-0.4, -0.2) is 20.6 Å². The van der Waals surface area contributed by atoms with Crippen molar-refractivity contribution in [2.45, 2.75) is 66.5 Å². The number of nitrogens with zero attached hydrogens (tertiary/aromatic N) is 3. The Balaban J connectivity index is 1.67. The van der Waals surface area contributed by atoms with Crippen LogP contribution < -0.4 is 15.5 Å². The van der Waals surface area contributed by atoms with E-state index >= 15 is 0 Å². The summed E-state index contributed by atoms with van der Waals surface area (Å²) in [4.78, 5) is 19.0. The van der Waals surface area contributed by atoms with Gasteiger partial charge in [-0.2, -0.15) is 0 Å². The second kappa shape index (κ2) is 11.3. The quantitative estimate of drug-likeness (QED) is 0.238. The summed E-state index contributed by atoms with van der Waals surface area (Å²) in [5, 5.41) is 7.24. The predicted octanol–water partition coefficient (Wildman–Crippen LogP) is 7.19. The van der Waals surface area contributed by atoms with E-state index in [1.807, 2.05) is 44.3 Å². The van der Waals surface area contributed by atoms with Crippen LogP contribution in [0.3, 0.4) is 0 Å². The van der Waals surface area contributed by atoms with Gasteiger partial charge in [-0.1, -0.05) is 38.1 Å². The van der Waals surface area contributed by atoms with E-state index in [0.717, 1.165) is 29.1 Å². The topological polar surface area (TPSA) is 62.2 Å². The number of rotatable bonds is 7. The number of carbonyl (C=O) groups is 1. The summed E-state index contributed by atoms with van der Waals surface area (Å²) in [5.74, 6) is -0.00241. The van der Waals surface area contributed by atoms with Crippen molar-refractivity contribution in [2.75, 3.05) is 10.2 Å². The fourth-order valence-electron chi connectivity index (χ4n) is 5.88. The van der Waals surface area contributed by atoms with Crippen molar-refractivity contribution in [3.63, 3.8) is 0 Å². The van der Waals surface area contributed by atoms with Gasteiger partial charge in [-0.25, -0.2) is 0 Å². The Bertz CT molecular complexity index is 1580. The maximum absolute atomic E-state index is 12.1. The number of para-hydroxylation sites is 1. The van der Waals surface area contributed by atoms with Crippen molar-refractivity contribution in [1.82, 2.24) is 14.9 Å². The normalized spacial score (nSPS) is 16.8. The number of hydrogen-bond donors (Lipinski definition) is 2. The molecule has 5 rings (SSSR count). The van der Waals surface area contributed by atoms with E-state index in [-0.39, 0.29) is 18.0 Å². The van der Waals surface area contributed by atoms with Crippen LogP contribution in [0.5, 0.6) is 0 Å². The lowest BCUT2D eigenvalue weighted by Gasteiger charge is -2.29. The van der Waals surface area contributed by atoms with Crippen LogP contribution in [0, 0.1) is 27.7 Å². The highest BCUT2D eigenvalue weighted by molar-refractivity contribution is 7.80. The van der Waals surface area contributed by atoms with Crippen LogP contribution in [0.25, 0.3) is 5.69 Å². The van der Waals surface area contributed by atoms with Crippen molar-refractivity contribution in [1.29, 1.82) is 0 Å². The summed E-state index contributed by atoms with van der Waals surface area (Å²) >= 11 is 5.99. The van der Waals surface area contributed by atoms with Gasteiger partial charge < -0.3 is 20.1 Å². The maximum Gasteiger partial charge on any atom is 0.224 e. The SMILES string of the molecule is CCC(=O)Nc1ccc(N2C(=S)N[C@H](c3ccccn3)[C@@H]2c2cc(C)n(-c3c(C)cccc3CC)c2C)cc1C. The first-order valence-corrected chi connectivity index (χ1v) is 14.3. The molecule has 1 amide bonds. The molecule has 2 atom stereocenters. The highest BCUT2D eigenvalue weighted by Gasteiger charge is 2.42.